The van der Waals surface area contributed by atoms with Crippen LogP contribution in [0.1, 0.15) is 23.6 Å². The summed E-state index contributed by atoms with van der Waals surface area (Å²) in [5, 5.41) is 3.14. The number of ether oxygens (including phenoxy) is 1. The second kappa shape index (κ2) is 7.04. The lowest BCUT2D eigenvalue weighted by Crippen LogP contribution is -2.28. The van der Waals surface area contributed by atoms with Crippen LogP contribution < -0.4 is 10.1 Å². The molecule has 0 saturated heterocycles. The standard InChI is InChI=1S/C21H22N2O3/c1-5-26-17-9-7-6-8-16(17)22-19-18(20(24)23(4)21(19)25)15-11-10-13(2)12-14(15)3/h6-12,22H,5H2,1-4H3. The van der Waals surface area contributed by atoms with Gasteiger partial charge in [-0.1, -0.05) is 35.9 Å². The van der Waals surface area contributed by atoms with Gasteiger partial charge in [0.2, 0.25) is 0 Å². The van der Waals surface area contributed by atoms with E-state index in [2.05, 4.69) is 5.32 Å². The third kappa shape index (κ3) is 3.08. The lowest BCUT2D eigenvalue weighted by Gasteiger charge is -2.14. The molecule has 0 radical (unpaired) electrons. The van der Waals surface area contributed by atoms with E-state index < -0.39 is 0 Å². The van der Waals surface area contributed by atoms with Gasteiger partial charge in [-0.05, 0) is 44.0 Å². The second-order valence-corrected chi connectivity index (χ2v) is 6.29. The third-order valence-corrected chi connectivity index (χ3v) is 4.38. The Morgan fingerprint density at radius 2 is 1.77 bits per heavy atom. The van der Waals surface area contributed by atoms with Crippen LogP contribution in [0.3, 0.4) is 0 Å². The number of para-hydroxylation sites is 2. The zero-order valence-electron chi connectivity index (χ0n) is 15.4. The van der Waals surface area contributed by atoms with Crippen LogP contribution in [0.25, 0.3) is 5.57 Å². The number of nitrogens with one attached hydrogen (secondary N) is 1. The Bertz CT molecular complexity index is 915. The highest BCUT2D eigenvalue weighted by Crippen LogP contribution is 2.34. The molecule has 0 aliphatic carbocycles. The van der Waals surface area contributed by atoms with Crippen molar-refractivity contribution in [1.29, 1.82) is 0 Å². The topological polar surface area (TPSA) is 58.6 Å². The summed E-state index contributed by atoms with van der Waals surface area (Å²) in [5.74, 6) is -0.0214. The molecule has 1 heterocycles. The molecule has 1 N–H and O–H groups in total. The largest absolute Gasteiger partial charge is 0.492 e. The molecule has 5 heteroatoms. The predicted octanol–water partition coefficient (Wildman–Crippen LogP) is 3.52. The summed E-state index contributed by atoms with van der Waals surface area (Å²) in [5.41, 5.74) is 4.14. The molecule has 0 atom stereocenters. The number of likely N-dealkylation sites (N-methyl/N-ethyl adjacent to an activating group) is 1. The summed E-state index contributed by atoms with van der Waals surface area (Å²) in [6.45, 7) is 6.34. The number of amides is 2. The summed E-state index contributed by atoms with van der Waals surface area (Å²) >= 11 is 0. The summed E-state index contributed by atoms with van der Waals surface area (Å²) in [6, 6.07) is 13.2. The minimum Gasteiger partial charge on any atom is -0.492 e. The number of carbonyl (C=O) groups excluding carboxylic acids is 2. The molecule has 3 rings (SSSR count). The first-order valence-electron chi connectivity index (χ1n) is 8.57. The number of carbonyl (C=O) groups is 2. The zero-order valence-corrected chi connectivity index (χ0v) is 15.4. The Balaban J connectivity index is 2.12. The maximum Gasteiger partial charge on any atom is 0.277 e. The predicted molar refractivity (Wildman–Crippen MR) is 102 cm³/mol. The second-order valence-electron chi connectivity index (χ2n) is 6.29. The van der Waals surface area contributed by atoms with Crippen molar-refractivity contribution in [3.8, 4) is 5.75 Å². The van der Waals surface area contributed by atoms with Gasteiger partial charge < -0.3 is 10.1 Å². The minimum absolute atomic E-state index is 0.275. The van der Waals surface area contributed by atoms with Gasteiger partial charge in [-0.2, -0.15) is 0 Å². The molecule has 26 heavy (non-hydrogen) atoms. The fourth-order valence-corrected chi connectivity index (χ4v) is 3.09. The number of nitrogens with zero attached hydrogens (tertiary/aromatic N) is 1. The average Bonchev–Trinajstić information content (AvgIpc) is 2.81. The molecular weight excluding hydrogens is 328 g/mol. The van der Waals surface area contributed by atoms with Crippen molar-refractivity contribution in [1.82, 2.24) is 4.90 Å². The van der Waals surface area contributed by atoms with E-state index in [1.54, 1.807) is 0 Å². The molecule has 0 unspecified atom stereocenters. The van der Waals surface area contributed by atoms with Crippen LogP contribution >= 0.6 is 0 Å². The van der Waals surface area contributed by atoms with E-state index in [0.29, 0.717) is 23.6 Å². The van der Waals surface area contributed by atoms with Gasteiger partial charge in [0.05, 0.1) is 17.9 Å². The highest BCUT2D eigenvalue weighted by atomic mass is 16.5. The molecule has 0 saturated carbocycles. The van der Waals surface area contributed by atoms with E-state index >= 15 is 0 Å². The van der Waals surface area contributed by atoms with Crippen molar-refractivity contribution in [3.63, 3.8) is 0 Å². The van der Waals surface area contributed by atoms with E-state index in [1.807, 2.05) is 63.2 Å². The van der Waals surface area contributed by atoms with Crippen LogP contribution in [0, 0.1) is 13.8 Å². The van der Waals surface area contributed by atoms with E-state index in [1.165, 1.54) is 7.05 Å². The molecule has 2 amide bonds. The SMILES string of the molecule is CCOc1ccccc1NC1=C(c2ccc(C)cc2C)C(=O)N(C)C1=O. The van der Waals surface area contributed by atoms with Crippen LogP contribution in [0.15, 0.2) is 48.2 Å². The van der Waals surface area contributed by atoms with E-state index in [9.17, 15) is 9.59 Å². The van der Waals surface area contributed by atoms with Gasteiger partial charge >= 0.3 is 0 Å². The van der Waals surface area contributed by atoms with Crippen LogP contribution in [0.5, 0.6) is 5.75 Å². The number of benzene rings is 2. The van der Waals surface area contributed by atoms with Gasteiger partial charge in [0, 0.05) is 7.05 Å². The maximum atomic E-state index is 12.7. The molecule has 134 valence electrons. The van der Waals surface area contributed by atoms with E-state index in [-0.39, 0.29) is 17.5 Å². The molecule has 0 aromatic heterocycles. The number of aryl methyl sites for hydroxylation is 2. The molecule has 0 spiro atoms. The highest BCUT2D eigenvalue weighted by Gasteiger charge is 2.37. The van der Waals surface area contributed by atoms with Crippen molar-refractivity contribution >= 4 is 23.1 Å². The highest BCUT2D eigenvalue weighted by molar-refractivity contribution is 6.36. The van der Waals surface area contributed by atoms with Crippen LogP contribution in [0.2, 0.25) is 0 Å². The number of rotatable bonds is 5. The first kappa shape index (κ1) is 17.7. The number of anilines is 1. The van der Waals surface area contributed by atoms with Crippen LogP contribution in [-0.4, -0.2) is 30.4 Å². The Kier molecular flexibility index (Phi) is 4.80. The molecule has 2 aromatic rings. The molecule has 1 aliphatic heterocycles. The first-order valence-corrected chi connectivity index (χ1v) is 8.57. The van der Waals surface area contributed by atoms with Crippen molar-refractivity contribution < 1.29 is 14.3 Å². The van der Waals surface area contributed by atoms with E-state index in [0.717, 1.165) is 21.6 Å². The molecule has 5 nitrogen and oxygen atoms in total. The Hall–Kier alpha value is -3.08. The molecular formula is C21H22N2O3. The summed E-state index contributed by atoms with van der Waals surface area (Å²) in [6.07, 6.45) is 0. The van der Waals surface area contributed by atoms with Gasteiger partial charge in [0.15, 0.2) is 0 Å². The van der Waals surface area contributed by atoms with Gasteiger partial charge in [-0.15, -0.1) is 0 Å². The van der Waals surface area contributed by atoms with Crippen LogP contribution in [0.4, 0.5) is 5.69 Å². The number of hydrogen-bond acceptors (Lipinski definition) is 4. The molecule has 0 bridgehead atoms. The maximum absolute atomic E-state index is 12.7. The lowest BCUT2D eigenvalue weighted by molar-refractivity contribution is -0.135. The van der Waals surface area contributed by atoms with Crippen molar-refractivity contribution in [2.24, 2.45) is 0 Å². The Morgan fingerprint density at radius 3 is 2.46 bits per heavy atom. The van der Waals surface area contributed by atoms with Crippen molar-refractivity contribution in [3.05, 3.63) is 64.9 Å². The molecule has 0 fully saturated rings. The van der Waals surface area contributed by atoms with Crippen molar-refractivity contribution in [2.75, 3.05) is 19.0 Å². The Morgan fingerprint density at radius 1 is 1.04 bits per heavy atom. The first-order chi connectivity index (χ1) is 12.4. The van der Waals surface area contributed by atoms with Gasteiger partial charge in [-0.3, -0.25) is 14.5 Å². The quantitative estimate of drug-likeness (QED) is 0.838. The zero-order chi connectivity index (χ0) is 18.8. The third-order valence-electron chi connectivity index (χ3n) is 4.38. The van der Waals surface area contributed by atoms with Gasteiger partial charge in [0.25, 0.3) is 11.8 Å². The molecule has 2 aromatic carbocycles. The number of hydrogen-bond donors (Lipinski definition) is 1. The summed E-state index contributed by atoms with van der Waals surface area (Å²) in [4.78, 5) is 26.6. The van der Waals surface area contributed by atoms with E-state index in [4.69, 9.17) is 4.74 Å². The minimum atomic E-state index is -0.351. The number of imide groups is 1. The fourth-order valence-electron chi connectivity index (χ4n) is 3.09. The van der Waals surface area contributed by atoms with Crippen LogP contribution in [-0.2, 0) is 9.59 Å². The normalized spacial score (nSPS) is 14.2. The van der Waals surface area contributed by atoms with Gasteiger partial charge in [0.1, 0.15) is 11.4 Å². The summed E-state index contributed by atoms with van der Waals surface area (Å²) < 4.78 is 5.62. The smallest absolute Gasteiger partial charge is 0.277 e. The molecule has 1 aliphatic rings. The lowest BCUT2D eigenvalue weighted by atomic mass is 9.97. The Labute approximate surface area is 153 Å². The van der Waals surface area contributed by atoms with Crippen molar-refractivity contribution in [2.45, 2.75) is 20.8 Å². The summed E-state index contributed by atoms with van der Waals surface area (Å²) in [7, 11) is 1.50. The van der Waals surface area contributed by atoms with Gasteiger partial charge in [-0.25, -0.2) is 0 Å². The average molecular weight is 350 g/mol. The fraction of sp³-hybridized carbons (Fsp3) is 0.238. The monoisotopic (exact) mass is 350 g/mol.